The second kappa shape index (κ2) is 9.56. The number of thiazole rings is 1. The molecule has 0 spiro atoms. The van der Waals surface area contributed by atoms with Crippen molar-refractivity contribution in [1.29, 1.82) is 0 Å². The van der Waals surface area contributed by atoms with Gasteiger partial charge in [-0.05, 0) is 51.8 Å². The Bertz CT molecular complexity index is 1010. The van der Waals surface area contributed by atoms with Gasteiger partial charge in [-0.3, -0.25) is 9.59 Å². The third-order valence-corrected chi connectivity index (χ3v) is 5.99. The lowest BCUT2D eigenvalue weighted by molar-refractivity contribution is 0.0204. The van der Waals surface area contributed by atoms with Gasteiger partial charge in [-0.2, -0.15) is 0 Å². The fraction of sp³-hybridized carbons (Fsp3) is 0.455. The molecule has 3 rings (SSSR count). The number of primary amides is 1. The summed E-state index contributed by atoms with van der Waals surface area (Å²) >= 11 is 1.42. The number of piperidine rings is 1. The molecule has 3 amide bonds. The van der Waals surface area contributed by atoms with Crippen LogP contribution >= 0.6 is 11.3 Å². The van der Waals surface area contributed by atoms with Crippen LogP contribution in [0.4, 0.5) is 10.5 Å². The van der Waals surface area contributed by atoms with E-state index in [1.54, 1.807) is 16.3 Å². The van der Waals surface area contributed by atoms with Crippen LogP contribution in [0.15, 0.2) is 23.6 Å². The van der Waals surface area contributed by atoms with Crippen LogP contribution in [0, 0.1) is 0 Å². The van der Waals surface area contributed by atoms with Crippen molar-refractivity contribution in [3.8, 4) is 5.75 Å². The summed E-state index contributed by atoms with van der Waals surface area (Å²) in [5, 5.41) is 5.30. The second-order valence-electron chi connectivity index (χ2n) is 8.55. The van der Waals surface area contributed by atoms with Gasteiger partial charge in [0.25, 0.3) is 5.91 Å². The Hall–Kier alpha value is -3.14. The number of nitrogens with two attached hydrogens (primary N) is 1. The number of ether oxygens (including phenoxy) is 2. The largest absolute Gasteiger partial charge is 0.495 e. The van der Waals surface area contributed by atoms with Gasteiger partial charge in [-0.25, -0.2) is 9.78 Å². The Labute approximate surface area is 190 Å². The van der Waals surface area contributed by atoms with Crippen LogP contribution in [0.1, 0.15) is 65.4 Å². The van der Waals surface area contributed by atoms with Crippen LogP contribution in [0.5, 0.6) is 5.75 Å². The van der Waals surface area contributed by atoms with Crippen LogP contribution in [0.25, 0.3) is 0 Å². The number of likely N-dealkylation sites (tertiary alicyclic amines) is 1. The van der Waals surface area contributed by atoms with E-state index in [4.69, 9.17) is 15.2 Å². The summed E-state index contributed by atoms with van der Waals surface area (Å²) in [6.45, 7) is 6.70. The van der Waals surface area contributed by atoms with E-state index in [1.807, 2.05) is 20.8 Å². The zero-order valence-electron chi connectivity index (χ0n) is 18.6. The summed E-state index contributed by atoms with van der Waals surface area (Å²) in [6.07, 6.45) is 1.20. The van der Waals surface area contributed by atoms with Crippen molar-refractivity contribution in [3.63, 3.8) is 0 Å². The lowest BCUT2D eigenvalue weighted by Gasteiger charge is -2.32. The van der Waals surface area contributed by atoms with Crippen molar-refractivity contribution in [3.05, 3.63) is 39.8 Å². The Kier molecular flexibility index (Phi) is 7.02. The monoisotopic (exact) mass is 460 g/mol. The first-order valence-corrected chi connectivity index (χ1v) is 11.2. The van der Waals surface area contributed by atoms with E-state index in [-0.39, 0.29) is 23.3 Å². The maximum Gasteiger partial charge on any atom is 0.410 e. The SMILES string of the molecule is COc1ccc(C(N)=O)cc1NC(=O)c1csc(C2CCN(C(=O)OC(C)(C)C)CC2)n1. The van der Waals surface area contributed by atoms with E-state index in [0.717, 1.165) is 17.8 Å². The predicted octanol–water partition coefficient (Wildman–Crippen LogP) is 3.62. The molecule has 1 saturated heterocycles. The molecule has 0 atom stereocenters. The summed E-state index contributed by atoms with van der Waals surface area (Å²) in [5.41, 5.74) is 5.69. The first-order chi connectivity index (χ1) is 15.1. The van der Waals surface area contributed by atoms with Crippen LogP contribution in [0.3, 0.4) is 0 Å². The second-order valence-corrected chi connectivity index (χ2v) is 9.44. The van der Waals surface area contributed by atoms with Crippen molar-refractivity contribution in [1.82, 2.24) is 9.88 Å². The van der Waals surface area contributed by atoms with Crippen LogP contribution < -0.4 is 15.8 Å². The first-order valence-electron chi connectivity index (χ1n) is 10.3. The fourth-order valence-electron chi connectivity index (χ4n) is 3.36. The quantitative estimate of drug-likeness (QED) is 0.702. The molecule has 2 aromatic rings. The molecule has 0 aliphatic carbocycles. The molecule has 172 valence electrons. The number of methoxy groups -OCH3 is 1. The van der Waals surface area contributed by atoms with Gasteiger partial charge in [0.1, 0.15) is 17.0 Å². The van der Waals surface area contributed by atoms with E-state index < -0.39 is 17.4 Å². The molecule has 1 aliphatic rings. The number of nitrogens with one attached hydrogen (secondary N) is 1. The van der Waals surface area contributed by atoms with E-state index in [0.29, 0.717) is 24.5 Å². The van der Waals surface area contributed by atoms with E-state index in [9.17, 15) is 14.4 Å². The molecule has 1 aromatic carbocycles. The topological polar surface area (TPSA) is 124 Å². The third kappa shape index (κ3) is 5.76. The summed E-state index contributed by atoms with van der Waals surface area (Å²) < 4.78 is 10.7. The molecule has 1 fully saturated rings. The van der Waals surface area contributed by atoms with Gasteiger partial charge in [0.15, 0.2) is 0 Å². The number of hydrogen-bond donors (Lipinski definition) is 2. The number of aromatic nitrogens is 1. The highest BCUT2D eigenvalue weighted by atomic mass is 32.1. The number of rotatable bonds is 5. The summed E-state index contributed by atoms with van der Waals surface area (Å²) in [4.78, 5) is 42.6. The summed E-state index contributed by atoms with van der Waals surface area (Å²) in [7, 11) is 1.47. The highest BCUT2D eigenvalue weighted by molar-refractivity contribution is 7.10. The zero-order chi connectivity index (χ0) is 23.5. The molecule has 0 bridgehead atoms. The average Bonchev–Trinajstić information content (AvgIpc) is 3.23. The fourth-order valence-corrected chi connectivity index (χ4v) is 4.33. The average molecular weight is 461 g/mol. The Morgan fingerprint density at radius 1 is 1.22 bits per heavy atom. The Balaban J connectivity index is 1.63. The van der Waals surface area contributed by atoms with Crippen LogP contribution in [-0.4, -0.2) is 53.6 Å². The minimum atomic E-state index is -0.600. The number of nitrogens with zero attached hydrogens (tertiary/aromatic N) is 2. The number of benzene rings is 1. The summed E-state index contributed by atoms with van der Waals surface area (Å²) in [6, 6.07) is 4.57. The minimum Gasteiger partial charge on any atom is -0.495 e. The van der Waals surface area contributed by atoms with Gasteiger partial charge in [-0.15, -0.1) is 11.3 Å². The van der Waals surface area contributed by atoms with E-state index in [1.165, 1.54) is 30.6 Å². The molecular formula is C22H28N4O5S. The number of amides is 3. The van der Waals surface area contributed by atoms with E-state index in [2.05, 4.69) is 10.3 Å². The maximum absolute atomic E-state index is 12.7. The van der Waals surface area contributed by atoms with Crippen molar-refractivity contribution < 1.29 is 23.9 Å². The molecule has 32 heavy (non-hydrogen) atoms. The van der Waals surface area contributed by atoms with Gasteiger partial charge in [0.2, 0.25) is 5.91 Å². The molecule has 1 aromatic heterocycles. The molecule has 0 saturated carbocycles. The minimum absolute atomic E-state index is 0.174. The lowest BCUT2D eigenvalue weighted by atomic mass is 9.98. The summed E-state index contributed by atoms with van der Waals surface area (Å²) in [5.74, 6) is -0.420. The molecule has 3 N–H and O–H groups in total. The van der Waals surface area contributed by atoms with Gasteiger partial charge in [0.05, 0.1) is 17.8 Å². The maximum atomic E-state index is 12.7. The highest BCUT2D eigenvalue weighted by Crippen LogP contribution is 2.32. The molecule has 2 heterocycles. The predicted molar refractivity (Wildman–Crippen MR) is 121 cm³/mol. The molecule has 1 aliphatic heterocycles. The normalized spacial score (nSPS) is 14.7. The number of carbonyl (C=O) groups is 3. The molecule has 0 radical (unpaired) electrons. The number of hydrogen-bond acceptors (Lipinski definition) is 7. The third-order valence-electron chi connectivity index (χ3n) is 4.98. The standard InChI is InChI=1S/C22H28N4O5S/c1-22(2,3)31-21(29)26-9-7-13(8-10-26)20-25-16(12-32-20)19(28)24-15-11-14(18(23)27)5-6-17(15)30-4/h5-6,11-13H,7-10H2,1-4H3,(H2,23,27)(H,24,28). The lowest BCUT2D eigenvalue weighted by Crippen LogP contribution is -2.41. The molecule has 10 heteroatoms. The zero-order valence-corrected chi connectivity index (χ0v) is 19.5. The molecule has 9 nitrogen and oxygen atoms in total. The van der Waals surface area contributed by atoms with E-state index >= 15 is 0 Å². The van der Waals surface area contributed by atoms with Crippen molar-refractivity contribution >= 4 is 34.9 Å². The van der Waals surface area contributed by atoms with Gasteiger partial charge in [0, 0.05) is 30.0 Å². The number of anilines is 1. The smallest absolute Gasteiger partial charge is 0.410 e. The van der Waals surface area contributed by atoms with Crippen LogP contribution in [0.2, 0.25) is 0 Å². The van der Waals surface area contributed by atoms with Crippen molar-refractivity contribution in [2.24, 2.45) is 5.73 Å². The first kappa shape index (κ1) is 23.5. The van der Waals surface area contributed by atoms with Gasteiger partial charge >= 0.3 is 6.09 Å². The van der Waals surface area contributed by atoms with Crippen molar-refractivity contribution in [2.75, 3.05) is 25.5 Å². The van der Waals surface area contributed by atoms with Gasteiger partial charge < -0.3 is 25.4 Å². The Morgan fingerprint density at radius 2 is 1.91 bits per heavy atom. The van der Waals surface area contributed by atoms with Crippen LogP contribution in [-0.2, 0) is 4.74 Å². The molecule has 0 unspecified atom stereocenters. The molecular weight excluding hydrogens is 432 g/mol. The highest BCUT2D eigenvalue weighted by Gasteiger charge is 2.29. The number of carbonyl (C=O) groups excluding carboxylic acids is 3. The Morgan fingerprint density at radius 3 is 2.50 bits per heavy atom. The van der Waals surface area contributed by atoms with Gasteiger partial charge in [-0.1, -0.05) is 0 Å². The van der Waals surface area contributed by atoms with Crippen molar-refractivity contribution in [2.45, 2.75) is 45.1 Å².